The molecule has 2 heterocycles. The number of para-hydroxylation sites is 1. The van der Waals surface area contributed by atoms with E-state index in [9.17, 15) is 5.11 Å². The van der Waals surface area contributed by atoms with Crippen molar-refractivity contribution in [3.05, 3.63) is 60.3 Å². The molecule has 2 aliphatic rings. The molecule has 5 nitrogen and oxygen atoms in total. The monoisotopic (exact) mass is 367 g/mol. The number of hydrogen-bond acceptors (Lipinski definition) is 4. The van der Waals surface area contributed by atoms with Crippen molar-refractivity contribution >= 4 is 28.6 Å². The maximum absolute atomic E-state index is 9.64. The molecular formula is C20H21N3O2S. The normalized spacial score (nSPS) is 17.8. The van der Waals surface area contributed by atoms with Crippen LogP contribution in [-0.4, -0.2) is 47.9 Å². The van der Waals surface area contributed by atoms with Crippen molar-refractivity contribution in [2.75, 3.05) is 37.7 Å². The molecule has 2 aliphatic heterocycles. The molecule has 0 bridgehead atoms. The molecule has 0 unspecified atom stereocenters. The molecule has 2 aromatic carbocycles. The topological polar surface area (TPSA) is 48.0 Å². The Labute approximate surface area is 158 Å². The van der Waals surface area contributed by atoms with Crippen LogP contribution in [0, 0.1) is 0 Å². The minimum atomic E-state index is 0.299. The minimum absolute atomic E-state index is 0.299. The molecule has 26 heavy (non-hydrogen) atoms. The average molecular weight is 367 g/mol. The standard InChI is InChI=1S/C20H21N3O2S/c24-17-5-3-4-16(12-17)22-8-10-23(11-9-22)20(26)21-13-15-14-25-19-7-2-1-6-18(15)19/h1-7,12-13,24H,8-11,14H2,(H,21,26)/b15-13-. The van der Waals surface area contributed by atoms with Gasteiger partial charge in [-0.15, -0.1) is 0 Å². The first kappa shape index (κ1) is 16.7. The molecule has 0 atom stereocenters. The fraction of sp³-hybridized carbons (Fsp3) is 0.250. The second-order valence-corrected chi connectivity index (χ2v) is 6.78. The summed E-state index contributed by atoms with van der Waals surface area (Å²) >= 11 is 5.55. The number of fused-ring (bicyclic) bond motifs is 1. The van der Waals surface area contributed by atoms with Gasteiger partial charge in [-0.05, 0) is 30.4 Å². The fourth-order valence-corrected chi connectivity index (χ4v) is 3.55. The molecule has 0 spiro atoms. The summed E-state index contributed by atoms with van der Waals surface area (Å²) in [4.78, 5) is 4.44. The third-order valence-electron chi connectivity index (χ3n) is 4.75. The molecule has 2 N–H and O–H groups in total. The molecule has 6 heteroatoms. The van der Waals surface area contributed by atoms with E-state index in [1.54, 1.807) is 12.1 Å². The fourth-order valence-electron chi connectivity index (χ4n) is 3.31. The van der Waals surface area contributed by atoms with Crippen molar-refractivity contribution in [3.8, 4) is 11.5 Å². The number of ether oxygens (including phenoxy) is 1. The largest absolute Gasteiger partial charge is 0.508 e. The zero-order chi connectivity index (χ0) is 17.9. The van der Waals surface area contributed by atoms with Crippen LogP contribution in [-0.2, 0) is 0 Å². The maximum atomic E-state index is 9.64. The molecule has 0 radical (unpaired) electrons. The molecule has 4 rings (SSSR count). The lowest BCUT2D eigenvalue weighted by Gasteiger charge is -2.37. The van der Waals surface area contributed by atoms with E-state index in [0.29, 0.717) is 12.4 Å². The van der Waals surface area contributed by atoms with Gasteiger partial charge in [0.2, 0.25) is 0 Å². The van der Waals surface area contributed by atoms with Crippen LogP contribution in [0.5, 0.6) is 11.5 Å². The average Bonchev–Trinajstić information content (AvgIpc) is 3.09. The quantitative estimate of drug-likeness (QED) is 0.796. The van der Waals surface area contributed by atoms with Crippen molar-refractivity contribution in [2.24, 2.45) is 0 Å². The molecule has 0 aromatic heterocycles. The van der Waals surface area contributed by atoms with E-state index in [2.05, 4.69) is 21.2 Å². The number of rotatable bonds is 2. The molecule has 0 amide bonds. The van der Waals surface area contributed by atoms with Gasteiger partial charge >= 0.3 is 0 Å². The highest BCUT2D eigenvalue weighted by molar-refractivity contribution is 7.80. The first-order valence-electron chi connectivity index (χ1n) is 8.71. The summed E-state index contributed by atoms with van der Waals surface area (Å²) in [6.45, 7) is 4.00. The van der Waals surface area contributed by atoms with Crippen molar-refractivity contribution in [1.82, 2.24) is 10.2 Å². The molecule has 0 saturated carbocycles. The molecule has 1 fully saturated rings. The first-order chi connectivity index (χ1) is 12.7. The second kappa shape index (κ2) is 7.25. The minimum Gasteiger partial charge on any atom is -0.508 e. The number of phenolic OH excluding ortho intramolecular Hbond substituents is 1. The number of piperazine rings is 1. The van der Waals surface area contributed by atoms with Crippen LogP contribution in [0.4, 0.5) is 5.69 Å². The number of anilines is 1. The summed E-state index contributed by atoms with van der Waals surface area (Å²) in [6, 6.07) is 15.4. The molecule has 0 aliphatic carbocycles. The molecule has 134 valence electrons. The van der Waals surface area contributed by atoms with Crippen LogP contribution in [0.2, 0.25) is 0 Å². The van der Waals surface area contributed by atoms with E-state index in [1.807, 2.05) is 36.5 Å². The SMILES string of the molecule is Oc1cccc(N2CCN(C(=S)N/C=C3/COc4ccccc43)CC2)c1. The van der Waals surface area contributed by atoms with Crippen molar-refractivity contribution in [3.63, 3.8) is 0 Å². The third kappa shape index (κ3) is 3.46. The highest BCUT2D eigenvalue weighted by Gasteiger charge is 2.20. The predicted molar refractivity (Wildman–Crippen MR) is 108 cm³/mol. The van der Waals surface area contributed by atoms with Gasteiger partial charge in [0, 0.05) is 55.3 Å². The number of thiocarbonyl (C=S) groups is 1. The summed E-state index contributed by atoms with van der Waals surface area (Å²) in [6.07, 6.45) is 1.95. The van der Waals surface area contributed by atoms with Crippen LogP contribution in [0.3, 0.4) is 0 Å². The van der Waals surface area contributed by atoms with E-state index in [0.717, 1.165) is 53.9 Å². The van der Waals surface area contributed by atoms with Gasteiger partial charge in [-0.1, -0.05) is 24.3 Å². The Morgan fingerprint density at radius 3 is 2.69 bits per heavy atom. The van der Waals surface area contributed by atoms with Crippen molar-refractivity contribution in [2.45, 2.75) is 0 Å². The number of nitrogens with one attached hydrogen (secondary N) is 1. The number of benzene rings is 2. The summed E-state index contributed by atoms with van der Waals surface area (Å²) < 4.78 is 5.67. The van der Waals surface area contributed by atoms with Gasteiger partial charge in [0.05, 0.1) is 0 Å². The Balaban J connectivity index is 1.34. The van der Waals surface area contributed by atoms with Crippen LogP contribution < -0.4 is 15.0 Å². The van der Waals surface area contributed by atoms with Gasteiger partial charge in [-0.3, -0.25) is 0 Å². The van der Waals surface area contributed by atoms with E-state index in [1.165, 1.54) is 0 Å². The van der Waals surface area contributed by atoms with Crippen LogP contribution in [0.1, 0.15) is 5.56 Å². The first-order valence-corrected chi connectivity index (χ1v) is 9.12. The van der Waals surface area contributed by atoms with Crippen molar-refractivity contribution in [1.29, 1.82) is 0 Å². The van der Waals surface area contributed by atoms with Crippen LogP contribution in [0.15, 0.2) is 54.7 Å². The second-order valence-electron chi connectivity index (χ2n) is 6.40. The van der Waals surface area contributed by atoms with Gasteiger partial charge in [-0.2, -0.15) is 0 Å². The predicted octanol–water partition coefficient (Wildman–Crippen LogP) is 2.82. The summed E-state index contributed by atoms with van der Waals surface area (Å²) in [5.74, 6) is 1.22. The Morgan fingerprint density at radius 1 is 1.08 bits per heavy atom. The Hall–Kier alpha value is -2.73. The number of phenols is 1. The van der Waals surface area contributed by atoms with E-state index in [4.69, 9.17) is 17.0 Å². The highest BCUT2D eigenvalue weighted by Crippen LogP contribution is 2.32. The van der Waals surface area contributed by atoms with Crippen LogP contribution >= 0.6 is 12.2 Å². The highest BCUT2D eigenvalue weighted by atomic mass is 32.1. The lowest BCUT2D eigenvalue weighted by molar-refractivity contribution is 0.382. The van der Waals surface area contributed by atoms with Crippen molar-refractivity contribution < 1.29 is 9.84 Å². The van der Waals surface area contributed by atoms with E-state index in [-0.39, 0.29) is 0 Å². The van der Waals surface area contributed by atoms with Gasteiger partial charge < -0.3 is 25.0 Å². The Morgan fingerprint density at radius 2 is 1.88 bits per heavy atom. The molecule has 2 aromatic rings. The van der Waals surface area contributed by atoms with E-state index >= 15 is 0 Å². The summed E-state index contributed by atoms with van der Waals surface area (Å²) in [7, 11) is 0. The number of hydrogen-bond donors (Lipinski definition) is 2. The number of aromatic hydroxyl groups is 1. The Kier molecular flexibility index (Phi) is 4.67. The molecule has 1 saturated heterocycles. The lowest BCUT2D eigenvalue weighted by atomic mass is 10.1. The smallest absolute Gasteiger partial charge is 0.173 e. The third-order valence-corrected chi connectivity index (χ3v) is 5.12. The van der Waals surface area contributed by atoms with Crippen LogP contribution in [0.25, 0.3) is 5.57 Å². The number of nitrogens with zero attached hydrogens (tertiary/aromatic N) is 2. The van der Waals surface area contributed by atoms with Gasteiger partial charge in [0.15, 0.2) is 5.11 Å². The molecular weight excluding hydrogens is 346 g/mol. The van der Waals surface area contributed by atoms with Gasteiger partial charge in [0.25, 0.3) is 0 Å². The van der Waals surface area contributed by atoms with Gasteiger partial charge in [0.1, 0.15) is 18.1 Å². The zero-order valence-electron chi connectivity index (χ0n) is 14.4. The van der Waals surface area contributed by atoms with Gasteiger partial charge in [-0.25, -0.2) is 0 Å². The summed E-state index contributed by atoms with van der Waals surface area (Å²) in [5.41, 5.74) is 3.28. The zero-order valence-corrected chi connectivity index (χ0v) is 15.2. The lowest BCUT2D eigenvalue weighted by Crippen LogP contribution is -2.51. The Bertz CT molecular complexity index is 844. The maximum Gasteiger partial charge on any atom is 0.173 e. The summed E-state index contributed by atoms with van der Waals surface area (Å²) in [5, 5.41) is 13.6. The van der Waals surface area contributed by atoms with E-state index < -0.39 is 0 Å².